The molecule has 94 valence electrons. The summed E-state index contributed by atoms with van der Waals surface area (Å²) in [7, 11) is 0. The van der Waals surface area contributed by atoms with E-state index < -0.39 is 0 Å². The third-order valence-electron chi connectivity index (χ3n) is 3.04. The third kappa shape index (κ3) is 2.89. The Labute approximate surface area is 111 Å². The van der Waals surface area contributed by atoms with Crippen LogP contribution in [0.1, 0.15) is 22.7 Å². The zero-order valence-corrected chi connectivity index (χ0v) is 10.9. The van der Waals surface area contributed by atoms with Gasteiger partial charge in [-0.25, -0.2) is 4.39 Å². The van der Waals surface area contributed by atoms with Crippen LogP contribution in [-0.2, 0) is 6.42 Å². The summed E-state index contributed by atoms with van der Waals surface area (Å²) in [6.45, 7) is 2.02. The second-order valence-corrected chi connectivity index (χ2v) is 4.81. The average Bonchev–Trinajstić information content (AvgIpc) is 2.34. The van der Waals surface area contributed by atoms with E-state index >= 15 is 0 Å². The fourth-order valence-corrected chi connectivity index (χ4v) is 2.24. The molecular weight excluding hydrogens is 249 g/mol. The topological polar surface area (TPSA) is 26.0 Å². The number of hydrogen-bond acceptors (Lipinski definition) is 1. The molecule has 1 unspecified atom stereocenters. The van der Waals surface area contributed by atoms with Crippen molar-refractivity contribution in [2.24, 2.45) is 5.73 Å². The molecule has 2 N–H and O–H groups in total. The van der Waals surface area contributed by atoms with Crippen LogP contribution in [0.25, 0.3) is 0 Å². The zero-order valence-electron chi connectivity index (χ0n) is 10.2. The van der Waals surface area contributed by atoms with Crippen molar-refractivity contribution in [1.29, 1.82) is 0 Å². The Morgan fingerprint density at radius 1 is 1.22 bits per heavy atom. The fraction of sp³-hybridized carbons (Fsp3) is 0.200. The van der Waals surface area contributed by atoms with Gasteiger partial charge in [0.15, 0.2) is 0 Å². The molecule has 0 aliphatic rings. The van der Waals surface area contributed by atoms with E-state index in [1.807, 2.05) is 31.2 Å². The van der Waals surface area contributed by atoms with Crippen LogP contribution >= 0.6 is 11.6 Å². The van der Waals surface area contributed by atoms with Crippen LogP contribution in [0.3, 0.4) is 0 Å². The Kier molecular flexibility index (Phi) is 4.00. The summed E-state index contributed by atoms with van der Waals surface area (Å²) in [6.07, 6.45) is 0.529. The van der Waals surface area contributed by atoms with Crippen molar-refractivity contribution in [3.8, 4) is 0 Å². The first kappa shape index (κ1) is 13.1. The number of aryl methyl sites for hydroxylation is 1. The molecule has 0 aliphatic heterocycles. The number of hydrogen-bond donors (Lipinski definition) is 1. The molecule has 2 aromatic rings. The maximum atomic E-state index is 13.2. The molecule has 0 saturated heterocycles. The Morgan fingerprint density at radius 3 is 2.67 bits per heavy atom. The molecule has 1 nitrogen and oxygen atoms in total. The number of benzene rings is 2. The van der Waals surface area contributed by atoms with E-state index in [9.17, 15) is 4.39 Å². The first-order chi connectivity index (χ1) is 8.58. The molecule has 0 aromatic heterocycles. The minimum absolute atomic E-state index is 0.175. The summed E-state index contributed by atoms with van der Waals surface area (Å²) in [6, 6.07) is 12.1. The van der Waals surface area contributed by atoms with E-state index in [1.54, 1.807) is 6.07 Å². The first-order valence-corrected chi connectivity index (χ1v) is 6.21. The van der Waals surface area contributed by atoms with Gasteiger partial charge < -0.3 is 5.73 Å². The van der Waals surface area contributed by atoms with Crippen molar-refractivity contribution >= 4 is 11.6 Å². The van der Waals surface area contributed by atoms with Gasteiger partial charge in [0.05, 0.1) is 0 Å². The maximum absolute atomic E-state index is 13.2. The summed E-state index contributed by atoms with van der Waals surface area (Å²) in [4.78, 5) is 0. The predicted molar refractivity (Wildman–Crippen MR) is 73.2 cm³/mol. The van der Waals surface area contributed by atoms with Crippen LogP contribution in [-0.4, -0.2) is 0 Å². The van der Waals surface area contributed by atoms with Crippen molar-refractivity contribution in [2.45, 2.75) is 19.4 Å². The molecule has 0 fully saturated rings. The molecular formula is C15H15ClFN. The Morgan fingerprint density at radius 2 is 1.94 bits per heavy atom. The SMILES string of the molecule is Cc1ccccc1C(N)Cc1cc(F)ccc1Cl. The molecule has 1 atom stereocenters. The molecule has 0 radical (unpaired) electrons. The molecule has 2 aromatic carbocycles. The standard InChI is InChI=1S/C15H15ClFN/c1-10-4-2-3-5-13(10)15(18)9-11-8-12(17)6-7-14(11)16/h2-8,15H,9,18H2,1H3. The third-order valence-corrected chi connectivity index (χ3v) is 3.40. The Bertz CT molecular complexity index is 554. The molecule has 18 heavy (non-hydrogen) atoms. The van der Waals surface area contributed by atoms with Crippen molar-refractivity contribution < 1.29 is 4.39 Å². The molecule has 2 rings (SSSR count). The van der Waals surface area contributed by atoms with Crippen LogP contribution in [0.2, 0.25) is 5.02 Å². The first-order valence-electron chi connectivity index (χ1n) is 5.83. The molecule has 0 amide bonds. The summed E-state index contributed by atoms with van der Waals surface area (Å²) >= 11 is 6.05. The predicted octanol–water partition coefficient (Wildman–Crippen LogP) is 4.03. The van der Waals surface area contributed by atoms with E-state index in [-0.39, 0.29) is 11.9 Å². The van der Waals surface area contributed by atoms with Gasteiger partial charge in [-0.2, -0.15) is 0 Å². The van der Waals surface area contributed by atoms with Crippen LogP contribution in [0.15, 0.2) is 42.5 Å². The summed E-state index contributed by atoms with van der Waals surface area (Å²) < 4.78 is 13.2. The molecule has 0 saturated carbocycles. The Balaban J connectivity index is 2.24. The highest BCUT2D eigenvalue weighted by Crippen LogP contribution is 2.24. The van der Waals surface area contributed by atoms with Gasteiger partial charge >= 0.3 is 0 Å². The minimum atomic E-state index is -0.286. The van der Waals surface area contributed by atoms with E-state index in [0.29, 0.717) is 11.4 Å². The lowest BCUT2D eigenvalue weighted by Gasteiger charge is -2.15. The molecule has 0 bridgehead atoms. The van der Waals surface area contributed by atoms with E-state index in [4.69, 9.17) is 17.3 Å². The Hall–Kier alpha value is -1.38. The smallest absolute Gasteiger partial charge is 0.123 e. The van der Waals surface area contributed by atoms with E-state index in [0.717, 1.165) is 16.7 Å². The van der Waals surface area contributed by atoms with Crippen molar-refractivity contribution in [3.05, 3.63) is 70.0 Å². The van der Waals surface area contributed by atoms with Crippen LogP contribution < -0.4 is 5.73 Å². The lowest BCUT2D eigenvalue weighted by molar-refractivity contribution is 0.622. The number of rotatable bonds is 3. The van der Waals surface area contributed by atoms with Gasteiger partial charge in [0.1, 0.15) is 5.82 Å². The summed E-state index contributed by atoms with van der Waals surface area (Å²) in [5, 5.41) is 0.556. The molecule has 0 spiro atoms. The van der Waals surface area contributed by atoms with E-state index in [2.05, 4.69) is 0 Å². The molecule has 3 heteroatoms. The van der Waals surface area contributed by atoms with Gasteiger partial charge in [0.2, 0.25) is 0 Å². The highest BCUT2D eigenvalue weighted by molar-refractivity contribution is 6.31. The van der Waals surface area contributed by atoms with Gasteiger partial charge in [0.25, 0.3) is 0 Å². The van der Waals surface area contributed by atoms with Crippen molar-refractivity contribution in [3.63, 3.8) is 0 Å². The van der Waals surface area contributed by atoms with Crippen molar-refractivity contribution in [2.75, 3.05) is 0 Å². The van der Waals surface area contributed by atoms with Gasteiger partial charge in [-0.3, -0.25) is 0 Å². The lowest BCUT2D eigenvalue weighted by atomic mass is 9.96. The normalized spacial score (nSPS) is 12.4. The maximum Gasteiger partial charge on any atom is 0.123 e. The van der Waals surface area contributed by atoms with Crippen LogP contribution in [0.5, 0.6) is 0 Å². The number of nitrogens with two attached hydrogens (primary N) is 1. The van der Waals surface area contributed by atoms with E-state index in [1.165, 1.54) is 12.1 Å². The highest BCUT2D eigenvalue weighted by atomic mass is 35.5. The fourth-order valence-electron chi connectivity index (χ4n) is 2.05. The summed E-state index contributed by atoms with van der Waals surface area (Å²) in [5.74, 6) is -0.286. The quantitative estimate of drug-likeness (QED) is 0.889. The minimum Gasteiger partial charge on any atom is -0.324 e. The monoisotopic (exact) mass is 263 g/mol. The van der Waals surface area contributed by atoms with Crippen molar-refractivity contribution in [1.82, 2.24) is 0 Å². The zero-order chi connectivity index (χ0) is 13.1. The second kappa shape index (κ2) is 5.51. The van der Waals surface area contributed by atoms with Gasteiger partial charge in [-0.1, -0.05) is 35.9 Å². The van der Waals surface area contributed by atoms with Crippen LogP contribution in [0.4, 0.5) is 4.39 Å². The average molecular weight is 264 g/mol. The largest absolute Gasteiger partial charge is 0.324 e. The van der Waals surface area contributed by atoms with Gasteiger partial charge in [0, 0.05) is 11.1 Å². The molecule has 0 heterocycles. The second-order valence-electron chi connectivity index (χ2n) is 4.40. The highest BCUT2D eigenvalue weighted by Gasteiger charge is 2.12. The van der Waals surface area contributed by atoms with Gasteiger partial charge in [-0.05, 0) is 48.2 Å². The van der Waals surface area contributed by atoms with Crippen LogP contribution in [0, 0.1) is 12.7 Å². The molecule has 0 aliphatic carbocycles. The summed E-state index contributed by atoms with van der Waals surface area (Å²) in [5.41, 5.74) is 9.11. The lowest BCUT2D eigenvalue weighted by Crippen LogP contribution is -2.15. The van der Waals surface area contributed by atoms with Gasteiger partial charge in [-0.15, -0.1) is 0 Å². The number of halogens is 2.